The quantitative estimate of drug-likeness (QED) is 0.235. The number of carbonyl (C=O) groups is 4. The number of hydrogen-bond acceptors (Lipinski definition) is 9. The average Bonchev–Trinajstić information content (AvgIpc) is 3.63. The molecule has 2 aliphatic carbocycles. The lowest BCUT2D eigenvalue weighted by atomic mass is 10.0. The molecule has 0 saturated carbocycles. The van der Waals surface area contributed by atoms with Crippen LogP contribution in [0.1, 0.15) is 71.0 Å². The molecule has 184 valence electrons. The molecule has 0 bridgehead atoms. The van der Waals surface area contributed by atoms with Gasteiger partial charge in [-0.25, -0.2) is 9.97 Å². The molecule has 7 nitrogen and oxygen atoms in total. The minimum atomic E-state index is -0.823. The number of nitrogens with zero attached hydrogens (tertiary/aromatic N) is 2. The Bertz CT molecular complexity index is 1780. The smallest absolute Gasteiger partial charge is 0.235 e. The van der Waals surface area contributed by atoms with Gasteiger partial charge in [0.2, 0.25) is 5.88 Å². The van der Waals surface area contributed by atoms with Crippen molar-refractivity contribution in [3.8, 4) is 15.6 Å². The fourth-order valence-electron chi connectivity index (χ4n) is 4.90. The zero-order chi connectivity index (χ0) is 26.3. The molecule has 0 unspecified atom stereocenters. The summed E-state index contributed by atoms with van der Waals surface area (Å²) in [7, 11) is 0. The summed E-state index contributed by atoms with van der Waals surface area (Å²) in [6, 6.07) is 13.5. The van der Waals surface area contributed by atoms with E-state index in [9.17, 15) is 19.2 Å². The first-order valence-corrected chi connectivity index (χ1v) is 13.4. The van der Waals surface area contributed by atoms with Gasteiger partial charge in [-0.05, 0) is 26.0 Å². The van der Waals surface area contributed by atoms with E-state index < -0.39 is 5.60 Å². The Balaban J connectivity index is 1.29. The number of carbonyl (C=O) groups excluding carboxylic acids is 4. The van der Waals surface area contributed by atoms with Crippen LogP contribution in [-0.4, -0.2) is 33.1 Å². The molecule has 4 aromatic rings. The number of Topliss-reactive ketones (excluding diaryl/α,β-unsaturated/α-hetero) is 4. The van der Waals surface area contributed by atoms with Gasteiger partial charge in [0.25, 0.3) is 0 Å². The number of benzene rings is 2. The van der Waals surface area contributed by atoms with Gasteiger partial charge in [0, 0.05) is 22.3 Å². The Kier molecular flexibility index (Phi) is 4.70. The Morgan fingerprint density at radius 3 is 1.55 bits per heavy atom. The lowest BCUT2D eigenvalue weighted by Crippen LogP contribution is -2.29. The van der Waals surface area contributed by atoms with Gasteiger partial charge >= 0.3 is 0 Å². The molecule has 0 fully saturated rings. The monoisotopic (exact) mass is 536 g/mol. The van der Waals surface area contributed by atoms with Crippen LogP contribution in [0, 0.1) is 0 Å². The lowest BCUT2D eigenvalue weighted by Gasteiger charge is -2.28. The molecule has 2 aromatic heterocycles. The van der Waals surface area contributed by atoms with Crippen LogP contribution in [-0.2, 0) is 5.60 Å². The summed E-state index contributed by atoms with van der Waals surface area (Å²) in [4.78, 5) is 62.3. The third-order valence-corrected chi connectivity index (χ3v) is 8.88. The predicted octanol–water partition coefficient (Wildman–Crippen LogP) is 5.82. The molecule has 7 rings (SSSR count). The number of rotatable bonds is 2. The van der Waals surface area contributed by atoms with Crippen molar-refractivity contribution in [3.63, 3.8) is 0 Å². The topological polar surface area (TPSA) is 103 Å². The largest absolute Gasteiger partial charge is 0.464 e. The van der Waals surface area contributed by atoms with Crippen molar-refractivity contribution in [2.24, 2.45) is 0 Å². The SMILES string of the molecule is CC1(C)Oc2nc(C=C3C(=O)c4ccccc4C3=O)sc2-c2sc(C=C3C(=O)c4ccccc4C3=O)nc21. The second-order valence-corrected chi connectivity index (χ2v) is 11.6. The maximum atomic E-state index is 12.9. The van der Waals surface area contributed by atoms with Crippen molar-refractivity contribution < 1.29 is 23.9 Å². The van der Waals surface area contributed by atoms with Crippen LogP contribution in [0.15, 0.2) is 59.7 Å². The number of ketones is 4. The highest BCUT2D eigenvalue weighted by Gasteiger charge is 2.40. The van der Waals surface area contributed by atoms with Crippen molar-refractivity contribution in [2.75, 3.05) is 0 Å². The summed E-state index contributed by atoms with van der Waals surface area (Å²) in [5.74, 6) is -0.876. The normalized spacial score (nSPS) is 16.7. The van der Waals surface area contributed by atoms with Gasteiger partial charge < -0.3 is 4.74 Å². The molecule has 9 heteroatoms. The molecule has 38 heavy (non-hydrogen) atoms. The van der Waals surface area contributed by atoms with Crippen molar-refractivity contribution in [3.05, 3.63) is 97.6 Å². The third kappa shape index (κ3) is 3.19. The van der Waals surface area contributed by atoms with Crippen LogP contribution in [0.4, 0.5) is 0 Å². The molecule has 0 atom stereocenters. The first-order valence-electron chi connectivity index (χ1n) is 11.7. The summed E-state index contributed by atoms with van der Waals surface area (Å²) < 4.78 is 6.17. The third-order valence-electron chi connectivity index (χ3n) is 6.73. The highest BCUT2D eigenvalue weighted by Crippen LogP contribution is 2.50. The van der Waals surface area contributed by atoms with Crippen molar-refractivity contribution in [1.82, 2.24) is 9.97 Å². The minimum absolute atomic E-state index is 0.0735. The Morgan fingerprint density at radius 1 is 0.658 bits per heavy atom. The molecular formula is C29H16N2O5S2. The summed E-state index contributed by atoms with van der Waals surface area (Å²) in [6.45, 7) is 3.73. The number of ether oxygens (including phenoxy) is 1. The number of fused-ring (bicyclic) bond motifs is 5. The number of thiazole rings is 2. The Morgan fingerprint density at radius 2 is 1.08 bits per heavy atom. The van der Waals surface area contributed by atoms with Crippen LogP contribution < -0.4 is 4.74 Å². The maximum absolute atomic E-state index is 12.9. The highest BCUT2D eigenvalue weighted by molar-refractivity contribution is 7.23. The van der Waals surface area contributed by atoms with E-state index >= 15 is 0 Å². The number of aromatic nitrogens is 2. The van der Waals surface area contributed by atoms with Gasteiger partial charge in [0.05, 0.1) is 16.0 Å². The fraction of sp³-hybridized carbons (Fsp3) is 0.103. The van der Waals surface area contributed by atoms with Crippen molar-refractivity contribution >= 4 is 58.0 Å². The molecule has 3 heterocycles. The first-order chi connectivity index (χ1) is 18.2. The first kappa shape index (κ1) is 22.8. The minimum Gasteiger partial charge on any atom is -0.464 e. The fourth-order valence-corrected chi connectivity index (χ4v) is 7.12. The molecule has 0 amide bonds. The van der Waals surface area contributed by atoms with Gasteiger partial charge in [-0.2, -0.15) is 0 Å². The van der Waals surface area contributed by atoms with Crippen LogP contribution in [0.5, 0.6) is 5.88 Å². The number of allylic oxidation sites excluding steroid dienone is 2. The van der Waals surface area contributed by atoms with Gasteiger partial charge in [-0.15, -0.1) is 22.7 Å². The van der Waals surface area contributed by atoms with E-state index in [0.717, 1.165) is 9.75 Å². The zero-order valence-corrected chi connectivity index (χ0v) is 21.7. The van der Waals surface area contributed by atoms with Crippen LogP contribution in [0.25, 0.3) is 21.9 Å². The second-order valence-electron chi connectivity index (χ2n) is 9.55. The van der Waals surface area contributed by atoms with Gasteiger partial charge in [-0.3, -0.25) is 19.2 Å². The Hall–Kier alpha value is -4.34. The van der Waals surface area contributed by atoms with Crippen molar-refractivity contribution in [2.45, 2.75) is 19.4 Å². The second kappa shape index (κ2) is 7.83. The summed E-state index contributed by atoms with van der Waals surface area (Å²) in [6.07, 6.45) is 3.06. The van der Waals surface area contributed by atoms with Gasteiger partial charge in [0.15, 0.2) is 23.1 Å². The molecule has 3 aliphatic rings. The number of hydrogen-bond donors (Lipinski definition) is 0. The van der Waals surface area contributed by atoms with E-state index in [2.05, 4.69) is 4.98 Å². The zero-order valence-electron chi connectivity index (χ0n) is 20.0. The average molecular weight is 537 g/mol. The molecular weight excluding hydrogens is 520 g/mol. The predicted molar refractivity (Wildman–Crippen MR) is 143 cm³/mol. The lowest BCUT2D eigenvalue weighted by molar-refractivity contribution is 0.0957. The molecule has 0 saturated heterocycles. The van der Waals surface area contributed by atoms with Gasteiger partial charge in [-0.1, -0.05) is 48.5 Å². The molecule has 1 aliphatic heterocycles. The molecule has 0 spiro atoms. The van der Waals surface area contributed by atoms with Crippen LogP contribution in [0.2, 0.25) is 0 Å². The summed E-state index contributed by atoms with van der Waals surface area (Å²) in [5.41, 5.74) is 1.58. The van der Waals surface area contributed by atoms with E-state index in [1.807, 2.05) is 13.8 Å². The molecule has 2 aromatic carbocycles. The van der Waals surface area contributed by atoms with E-state index in [0.29, 0.717) is 43.8 Å². The van der Waals surface area contributed by atoms with E-state index in [1.54, 1.807) is 54.6 Å². The van der Waals surface area contributed by atoms with Gasteiger partial charge in [0.1, 0.15) is 26.2 Å². The Labute approximate surface area is 224 Å². The van der Waals surface area contributed by atoms with Crippen LogP contribution >= 0.6 is 22.7 Å². The van der Waals surface area contributed by atoms with E-state index in [-0.39, 0.29) is 34.3 Å². The summed E-state index contributed by atoms with van der Waals surface area (Å²) in [5, 5.41) is 0.974. The van der Waals surface area contributed by atoms with Crippen LogP contribution in [0.3, 0.4) is 0 Å². The molecule has 0 N–H and O–H groups in total. The van der Waals surface area contributed by atoms with Crippen molar-refractivity contribution in [1.29, 1.82) is 0 Å². The standard InChI is InChI=1S/C29H16N2O5S2/c1-29(2)27-25(37-19(30-27)11-17-21(32)13-7-3-4-8-14(13)22(17)33)26-28(36-29)31-20(38-26)12-18-23(34)15-9-5-6-10-16(15)24(18)35/h3-12H,1-2H3. The molecule has 0 radical (unpaired) electrons. The summed E-state index contributed by atoms with van der Waals surface area (Å²) >= 11 is 2.64. The van der Waals surface area contributed by atoms with E-state index in [4.69, 9.17) is 9.72 Å². The highest BCUT2D eigenvalue weighted by atomic mass is 32.1. The van der Waals surface area contributed by atoms with E-state index in [1.165, 1.54) is 28.7 Å². The maximum Gasteiger partial charge on any atom is 0.235 e.